The number of methoxy groups -OCH3 is 1. The lowest BCUT2D eigenvalue weighted by Crippen LogP contribution is -2.56. The maximum absolute atomic E-state index is 14.7. The van der Waals surface area contributed by atoms with E-state index in [-0.39, 0.29) is 35.9 Å². The molecule has 1 N–H and O–H groups in total. The first-order valence-corrected chi connectivity index (χ1v) is 17.2. The first kappa shape index (κ1) is 35.2. The molecule has 1 aliphatic rings. The van der Waals surface area contributed by atoms with Crippen LogP contribution in [0.3, 0.4) is 0 Å². The highest BCUT2D eigenvalue weighted by Gasteiger charge is 2.36. The molecule has 0 radical (unpaired) electrons. The molecule has 10 nitrogen and oxygen atoms in total. The van der Waals surface area contributed by atoms with Crippen molar-refractivity contribution < 1.29 is 36.6 Å². The first-order chi connectivity index (χ1) is 23.3. The Hall–Kier alpha value is -5.10. The van der Waals surface area contributed by atoms with Gasteiger partial charge < -0.3 is 24.4 Å². The van der Waals surface area contributed by atoms with Gasteiger partial charge in [0, 0.05) is 24.6 Å². The largest absolute Gasteiger partial charge is 0.497 e. The Morgan fingerprint density at radius 3 is 2.22 bits per heavy atom. The number of nitrogens with zero attached hydrogens (tertiary/aromatic N) is 2. The smallest absolute Gasteiger partial charge is 0.264 e. The number of hydrogen-bond acceptors (Lipinski definition) is 7. The molecule has 12 heteroatoms. The molecule has 1 atom stereocenters. The minimum absolute atomic E-state index is 0.0353. The molecule has 0 bridgehead atoms. The molecule has 0 aromatic heterocycles. The molecule has 5 rings (SSSR count). The van der Waals surface area contributed by atoms with Crippen molar-refractivity contribution >= 4 is 27.5 Å². The van der Waals surface area contributed by atoms with Crippen LogP contribution in [-0.4, -0.2) is 63.6 Å². The van der Waals surface area contributed by atoms with Crippen LogP contribution in [0.15, 0.2) is 102 Å². The SMILES string of the molecule is COc1cccc(CN(C(=O)CN(c2ccc(F)cc2)S(=O)(=O)c2ccc3c(c2)OCCO3)[C@H](Cc2ccccc2)C(=O)NC(C)(C)C)c1. The number of hydrogen-bond donors (Lipinski definition) is 1. The molecule has 4 aromatic carbocycles. The Kier molecular flexibility index (Phi) is 10.8. The standard InChI is InChI=1S/C37H40FN3O7S/c1-37(2,3)39-36(43)32(22-26-9-6-5-7-10-26)40(24-27-11-8-12-30(21-27)46-4)35(42)25-41(29-15-13-28(38)14-16-29)49(44,45)31-17-18-33-34(23-31)48-20-19-47-33/h5-18,21,23,32H,19-20,22,24-25H2,1-4H3,(H,39,43)/t32-/m1/s1. The van der Waals surface area contributed by atoms with Gasteiger partial charge in [-0.2, -0.15) is 0 Å². The van der Waals surface area contributed by atoms with Crippen LogP contribution in [0.5, 0.6) is 17.2 Å². The average Bonchev–Trinajstić information content (AvgIpc) is 3.08. The van der Waals surface area contributed by atoms with Crippen molar-refractivity contribution in [3.63, 3.8) is 0 Å². The van der Waals surface area contributed by atoms with E-state index < -0.39 is 45.8 Å². The monoisotopic (exact) mass is 689 g/mol. The summed E-state index contributed by atoms with van der Waals surface area (Å²) in [6, 6.07) is 24.4. The van der Waals surface area contributed by atoms with Crippen molar-refractivity contribution in [3.05, 3.63) is 114 Å². The lowest BCUT2D eigenvalue weighted by Gasteiger charge is -2.35. The van der Waals surface area contributed by atoms with E-state index >= 15 is 0 Å². The first-order valence-electron chi connectivity index (χ1n) is 15.8. The summed E-state index contributed by atoms with van der Waals surface area (Å²) >= 11 is 0. The van der Waals surface area contributed by atoms with Crippen LogP contribution in [0, 0.1) is 5.82 Å². The van der Waals surface area contributed by atoms with Crippen LogP contribution < -0.4 is 23.8 Å². The Morgan fingerprint density at radius 2 is 1.55 bits per heavy atom. The van der Waals surface area contributed by atoms with Crippen molar-refractivity contribution in [1.82, 2.24) is 10.2 Å². The number of carbonyl (C=O) groups excluding carboxylic acids is 2. The fourth-order valence-corrected chi connectivity index (χ4v) is 6.85. The number of halogens is 1. The zero-order chi connectivity index (χ0) is 35.2. The molecule has 0 saturated carbocycles. The molecule has 0 saturated heterocycles. The van der Waals surface area contributed by atoms with Gasteiger partial charge in [0.05, 0.1) is 17.7 Å². The number of fused-ring (bicyclic) bond motifs is 1. The van der Waals surface area contributed by atoms with Gasteiger partial charge in [-0.25, -0.2) is 12.8 Å². The molecule has 1 aliphatic heterocycles. The van der Waals surface area contributed by atoms with E-state index in [1.165, 1.54) is 42.3 Å². The fourth-order valence-electron chi connectivity index (χ4n) is 5.42. The number of amides is 2. The van der Waals surface area contributed by atoms with Crippen LogP contribution >= 0.6 is 0 Å². The summed E-state index contributed by atoms with van der Waals surface area (Å²) < 4.78 is 60.3. The second-order valence-corrected chi connectivity index (χ2v) is 14.5. The van der Waals surface area contributed by atoms with Gasteiger partial charge in [-0.1, -0.05) is 42.5 Å². The molecule has 0 aliphatic carbocycles. The molecule has 0 fully saturated rings. The molecule has 4 aromatic rings. The summed E-state index contributed by atoms with van der Waals surface area (Å²) in [7, 11) is -2.91. The number of nitrogens with one attached hydrogen (secondary N) is 1. The van der Waals surface area contributed by atoms with Crippen molar-refractivity contribution in [2.45, 2.75) is 50.2 Å². The van der Waals surface area contributed by atoms with Gasteiger partial charge in [0.15, 0.2) is 11.5 Å². The second-order valence-electron chi connectivity index (χ2n) is 12.6. The van der Waals surface area contributed by atoms with Gasteiger partial charge >= 0.3 is 0 Å². The number of sulfonamides is 1. The van der Waals surface area contributed by atoms with E-state index in [1.54, 1.807) is 24.3 Å². The summed E-state index contributed by atoms with van der Waals surface area (Å²) in [6.45, 7) is 5.37. The summed E-state index contributed by atoms with van der Waals surface area (Å²) in [5, 5.41) is 3.00. The van der Waals surface area contributed by atoms with E-state index in [9.17, 15) is 22.4 Å². The van der Waals surface area contributed by atoms with Gasteiger partial charge in [0.25, 0.3) is 10.0 Å². The van der Waals surface area contributed by atoms with Crippen LogP contribution in [0.2, 0.25) is 0 Å². The quantitative estimate of drug-likeness (QED) is 0.213. The third kappa shape index (κ3) is 8.88. The van der Waals surface area contributed by atoms with Crippen LogP contribution in [0.25, 0.3) is 0 Å². The molecule has 0 spiro atoms. The summed E-state index contributed by atoms with van der Waals surface area (Å²) in [5.41, 5.74) is 0.902. The maximum Gasteiger partial charge on any atom is 0.264 e. The topological polar surface area (TPSA) is 114 Å². The Morgan fingerprint density at radius 1 is 0.878 bits per heavy atom. The average molecular weight is 690 g/mol. The molecule has 49 heavy (non-hydrogen) atoms. The van der Waals surface area contributed by atoms with Gasteiger partial charge in [-0.05, 0) is 80.4 Å². The van der Waals surface area contributed by atoms with Crippen molar-refractivity contribution in [2.24, 2.45) is 0 Å². The van der Waals surface area contributed by atoms with Crippen molar-refractivity contribution in [1.29, 1.82) is 0 Å². The van der Waals surface area contributed by atoms with E-state index in [1.807, 2.05) is 51.1 Å². The highest BCUT2D eigenvalue weighted by Crippen LogP contribution is 2.34. The number of benzene rings is 4. The fraction of sp³-hybridized carbons (Fsp3) is 0.297. The minimum atomic E-state index is -4.44. The predicted molar refractivity (Wildman–Crippen MR) is 184 cm³/mol. The van der Waals surface area contributed by atoms with Gasteiger partial charge in [-0.3, -0.25) is 13.9 Å². The van der Waals surface area contributed by atoms with Gasteiger partial charge in [0.1, 0.15) is 37.4 Å². The Labute approximate surface area is 286 Å². The maximum atomic E-state index is 14.7. The van der Waals surface area contributed by atoms with Crippen LogP contribution in [0.4, 0.5) is 10.1 Å². The minimum Gasteiger partial charge on any atom is -0.497 e. The lowest BCUT2D eigenvalue weighted by molar-refractivity contribution is -0.140. The van der Waals surface area contributed by atoms with E-state index in [4.69, 9.17) is 14.2 Å². The van der Waals surface area contributed by atoms with Gasteiger partial charge in [-0.15, -0.1) is 0 Å². The predicted octanol–water partition coefficient (Wildman–Crippen LogP) is 5.36. The third-order valence-corrected chi connectivity index (χ3v) is 9.52. The van der Waals surface area contributed by atoms with E-state index in [0.29, 0.717) is 23.7 Å². The third-order valence-electron chi connectivity index (χ3n) is 7.75. The van der Waals surface area contributed by atoms with Gasteiger partial charge in [0.2, 0.25) is 11.8 Å². The van der Waals surface area contributed by atoms with E-state index in [0.717, 1.165) is 22.0 Å². The number of rotatable bonds is 12. The highest BCUT2D eigenvalue weighted by molar-refractivity contribution is 7.92. The number of anilines is 1. The van der Waals surface area contributed by atoms with Crippen molar-refractivity contribution in [2.75, 3.05) is 31.2 Å². The lowest BCUT2D eigenvalue weighted by atomic mass is 10.0. The zero-order valence-corrected chi connectivity index (χ0v) is 28.7. The molecular weight excluding hydrogens is 649 g/mol. The second kappa shape index (κ2) is 15.0. The number of ether oxygens (including phenoxy) is 3. The van der Waals surface area contributed by atoms with E-state index in [2.05, 4.69) is 5.32 Å². The summed E-state index contributed by atoms with van der Waals surface area (Å²) in [6.07, 6.45) is 0.157. The van der Waals surface area contributed by atoms with Crippen molar-refractivity contribution in [3.8, 4) is 17.2 Å². The number of carbonyl (C=O) groups is 2. The Bertz CT molecular complexity index is 1880. The van der Waals surface area contributed by atoms with Crippen LogP contribution in [0.1, 0.15) is 31.9 Å². The molecular formula is C37H40FN3O7S. The summed E-state index contributed by atoms with van der Waals surface area (Å²) in [4.78, 5) is 29.9. The molecule has 1 heterocycles. The van der Waals surface area contributed by atoms with Crippen LogP contribution in [-0.2, 0) is 32.6 Å². The Balaban J connectivity index is 1.59. The normalized spacial score (nSPS) is 13.2. The summed E-state index contributed by atoms with van der Waals surface area (Å²) in [5.74, 6) is -0.438. The zero-order valence-electron chi connectivity index (χ0n) is 27.9. The highest BCUT2D eigenvalue weighted by atomic mass is 32.2. The molecule has 258 valence electrons. The molecule has 0 unspecified atom stereocenters. The molecule has 2 amide bonds.